The van der Waals surface area contributed by atoms with Crippen LogP contribution in [0.4, 0.5) is 0 Å². The fourth-order valence-electron chi connectivity index (χ4n) is 2.70. The van der Waals surface area contributed by atoms with Gasteiger partial charge >= 0.3 is 0 Å². The molecule has 1 aliphatic heterocycles. The minimum absolute atomic E-state index is 0.383. The van der Waals surface area contributed by atoms with Crippen molar-refractivity contribution in [2.24, 2.45) is 5.92 Å². The van der Waals surface area contributed by atoms with Crippen molar-refractivity contribution in [2.45, 2.75) is 37.2 Å². The predicted molar refractivity (Wildman–Crippen MR) is 81.4 cm³/mol. The summed E-state index contributed by atoms with van der Waals surface area (Å²) in [5.74, 6) is 0.738. The van der Waals surface area contributed by atoms with E-state index >= 15 is 0 Å². The van der Waals surface area contributed by atoms with Crippen LogP contribution in [0.15, 0.2) is 29.2 Å². The summed E-state index contributed by atoms with van der Waals surface area (Å²) in [6.07, 6.45) is 3.68. The van der Waals surface area contributed by atoms with Crippen molar-refractivity contribution >= 4 is 9.84 Å². The van der Waals surface area contributed by atoms with E-state index in [1.807, 2.05) is 12.1 Å². The van der Waals surface area contributed by atoms with Gasteiger partial charge in [0.15, 0.2) is 9.84 Å². The van der Waals surface area contributed by atoms with Gasteiger partial charge in [-0.05, 0) is 56.5 Å². The van der Waals surface area contributed by atoms with E-state index in [-0.39, 0.29) is 0 Å². The first-order chi connectivity index (χ1) is 9.45. The summed E-state index contributed by atoms with van der Waals surface area (Å²) in [6.45, 7) is 5.16. The number of nitrogens with one attached hydrogen (secondary N) is 2. The molecule has 0 amide bonds. The van der Waals surface area contributed by atoms with Gasteiger partial charge in [-0.15, -0.1) is 0 Å². The Kier molecular flexibility index (Phi) is 5.18. The molecule has 0 aromatic heterocycles. The maximum atomic E-state index is 11.4. The van der Waals surface area contributed by atoms with Gasteiger partial charge in [-0.3, -0.25) is 0 Å². The van der Waals surface area contributed by atoms with E-state index in [2.05, 4.69) is 17.6 Å². The summed E-state index contributed by atoms with van der Waals surface area (Å²) in [4.78, 5) is 0.383. The maximum Gasteiger partial charge on any atom is 0.175 e. The Balaban J connectivity index is 1.79. The summed E-state index contributed by atoms with van der Waals surface area (Å²) in [5.41, 5.74) is 1.12. The van der Waals surface area contributed by atoms with Gasteiger partial charge in [0.1, 0.15) is 0 Å². The third kappa shape index (κ3) is 4.58. The molecule has 5 heteroatoms. The van der Waals surface area contributed by atoms with Crippen LogP contribution in [0.2, 0.25) is 0 Å². The molecule has 4 nitrogen and oxygen atoms in total. The highest BCUT2D eigenvalue weighted by Gasteiger charge is 2.17. The number of rotatable bonds is 5. The molecule has 2 atom stereocenters. The van der Waals surface area contributed by atoms with Crippen LogP contribution < -0.4 is 10.6 Å². The molecule has 1 aliphatic rings. The third-order valence-corrected chi connectivity index (χ3v) is 4.97. The lowest BCUT2D eigenvalue weighted by atomic mass is 9.93. The molecule has 0 bridgehead atoms. The molecule has 0 spiro atoms. The Morgan fingerprint density at radius 3 is 2.60 bits per heavy atom. The van der Waals surface area contributed by atoms with E-state index in [4.69, 9.17) is 0 Å². The van der Waals surface area contributed by atoms with Crippen LogP contribution in [0.25, 0.3) is 0 Å². The monoisotopic (exact) mass is 296 g/mol. The highest BCUT2D eigenvalue weighted by atomic mass is 32.2. The van der Waals surface area contributed by atoms with Crippen molar-refractivity contribution < 1.29 is 8.42 Å². The third-order valence-electron chi connectivity index (χ3n) is 3.85. The molecule has 1 saturated heterocycles. The van der Waals surface area contributed by atoms with Gasteiger partial charge in [0, 0.05) is 18.8 Å². The fraction of sp³-hybridized carbons (Fsp3) is 0.600. The average Bonchev–Trinajstić information content (AvgIpc) is 2.38. The van der Waals surface area contributed by atoms with Crippen LogP contribution in [0.3, 0.4) is 0 Å². The number of hydrogen-bond donors (Lipinski definition) is 2. The van der Waals surface area contributed by atoms with E-state index < -0.39 is 9.84 Å². The number of hydrogen-bond acceptors (Lipinski definition) is 4. The zero-order valence-electron chi connectivity index (χ0n) is 12.2. The molecule has 1 heterocycles. The first-order valence-electron chi connectivity index (χ1n) is 7.18. The standard InChI is InChI=1S/C15H24N2O2S/c1-12-9-14(7-8-17-12)11-16-10-13-3-5-15(6-4-13)20(2,18)19/h3-6,12,14,16-17H,7-11H2,1-2H3. The second-order valence-corrected chi connectivity index (χ2v) is 7.81. The molecule has 0 aliphatic carbocycles. The largest absolute Gasteiger partial charge is 0.314 e. The molecular formula is C15H24N2O2S. The van der Waals surface area contributed by atoms with Crippen LogP contribution in [-0.2, 0) is 16.4 Å². The lowest BCUT2D eigenvalue weighted by Gasteiger charge is -2.28. The van der Waals surface area contributed by atoms with Crippen LogP contribution >= 0.6 is 0 Å². The number of piperidine rings is 1. The molecule has 2 N–H and O–H groups in total. The number of benzene rings is 1. The average molecular weight is 296 g/mol. The van der Waals surface area contributed by atoms with Crippen molar-refractivity contribution in [2.75, 3.05) is 19.3 Å². The summed E-state index contributed by atoms with van der Waals surface area (Å²) in [7, 11) is -3.09. The molecule has 1 aromatic carbocycles. The minimum Gasteiger partial charge on any atom is -0.314 e. The van der Waals surface area contributed by atoms with E-state index in [1.54, 1.807) is 12.1 Å². The van der Waals surface area contributed by atoms with Crippen LogP contribution in [0, 0.1) is 5.92 Å². The molecule has 0 saturated carbocycles. The van der Waals surface area contributed by atoms with E-state index in [9.17, 15) is 8.42 Å². The second-order valence-electron chi connectivity index (χ2n) is 5.79. The zero-order chi connectivity index (χ0) is 14.6. The van der Waals surface area contributed by atoms with Gasteiger partial charge in [0.25, 0.3) is 0 Å². The van der Waals surface area contributed by atoms with Crippen LogP contribution in [-0.4, -0.2) is 33.8 Å². The quantitative estimate of drug-likeness (QED) is 0.866. The first kappa shape index (κ1) is 15.5. The molecule has 112 valence electrons. The molecule has 2 unspecified atom stereocenters. The lowest BCUT2D eigenvalue weighted by Crippen LogP contribution is -2.39. The summed E-state index contributed by atoms with van der Waals surface area (Å²) in [5, 5.41) is 6.93. The predicted octanol–water partition coefficient (Wildman–Crippen LogP) is 1.57. The Bertz CT molecular complexity index is 525. The van der Waals surface area contributed by atoms with Gasteiger partial charge < -0.3 is 10.6 Å². The highest BCUT2D eigenvalue weighted by Crippen LogP contribution is 2.15. The van der Waals surface area contributed by atoms with E-state index in [1.165, 1.54) is 19.1 Å². The molecule has 2 rings (SSSR count). The Labute approximate surface area is 121 Å². The lowest BCUT2D eigenvalue weighted by molar-refractivity contribution is 0.304. The molecule has 1 fully saturated rings. The second kappa shape index (κ2) is 6.70. The van der Waals surface area contributed by atoms with E-state index in [0.29, 0.717) is 10.9 Å². The van der Waals surface area contributed by atoms with Crippen LogP contribution in [0.5, 0.6) is 0 Å². The van der Waals surface area contributed by atoms with Crippen molar-refractivity contribution in [1.29, 1.82) is 0 Å². The fourth-order valence-corrected chi connectivity index (χ4v) is 3.33. The van der Waals surface area contributed by atoms with Gasteiger partial charge in [0.05, 0.1) is 4.90 Å². The first-order valence-corrected chi connectivity index (χ1v) is 9.07. The Hall–Kier alpha value is -0.910. The van der Waals surface area contributed by atoms with Gasteiger partial charge in [-0.1, -0.05) is 12.1 Å². The molecule has 20 heavy (non-hydrogen) atoms. The summed E-state index contributed by atoms with van der Waals surface area (Å²) in [6, 6.07) is 7.74. The van der Waals surface area contributed by atoms with Crippen molar-refractivity contribution in [3.05, 3.63) is 29.8 Å². The van der Waals surface area contributed by atoms with Crippen molar-refractivity contribution in [3.8, 4) is 0 Å². The summed E-state index contributed by atoms with van der Waals surface area (Å²) < 4.78 is 22.7. The normalized spacial score (nSPS) is 23.7. The smallest absolute Gasteiger partial charge is 0.175 e. The van der Waals surface area contributed by atoms with Crippen LogP contribution in [0.1, 0.15) is 25.3 Å². The maximum absolute atomic E-state index is 11.4. The molecule has 1 aromatic rings. The van der Waals surface area contributed by atoms with E-state index in [0.717, 1.165) is 31.1 Å². The van der Waals surface area contributed by atoms with Gasteiger partial charge in [-0.2, -0.15) is 0 Å². The van der Waals surface area contributed by atoms with Gasteiger partial charge in [-0.25, -0.2) is 8.42 Å². The van der Waals surface area contributed by atoms with Crippen molar-refractivity contribution in [3.63, 3.8) is 0 Å². The minimum atomic E-state index is -3.09. The molecule has 0 radical (unpaired) electrons. The van der Waals surface area contributed by atoms with Gasteiger partial charge in [0.2, 0.25) is 0 Å². The molecular weight excluding hydrogens is 272 g/mol. The number of sulfone groups is 1. The van der Waals surface area contributed by atoms with Crippen molar-refractivity contribution in [1.82, 2.24) is 10.6 Å². The highest BCUT2D eigenvalue weighted by molar-refractivity contribution is 7.90. The topological polar surface area (TPSA) is 58.2 Å². The SMILES string of the molecule is CC1CC(CNCc2ccc(S(C)(=O)=O)cc2)CCN1. The Morgan fingerprint density at radius 1 is 1.30 bits per heavy atom. The summed E-state index contributed by atoms with van der Waals surface area (Å²) >= 11 is 0. The zero-order valence-corrected chi connectivity index (χ0v) is 13.0. The Morgan fingerprint density at radius 2 is 2.00 bits per heavy atom.